The number of ether oxygens (including phenoxy) is 1. The molecule has 1 fully saturated rings. The second kappa shape index (κ2) is 8.70. The number of aliphatic hydroxyl groups is 3. The highest BCUT2D eigenvalue weighted by Crippen LogP contribution is 2.44. The van der Waals surface area contributed by atoms with Crippen molar-refractivity contribution in [1.82, 2.24) is 0 Å². The first kappa shape index (κ1) is 20.8. The van der Waals surface area contributed by atoms with Crippen molar-refractivity contribution >= 4 is 0 Å². The molecule has 4 atom stereocenters. The Morgan fingerprint density at radius 3 is 1.70 bits per heavy atom. The molecule has 4 heteroatoms. The molecule has 3 N–H and O–H groups in total. The van der Waals surface area contributed by atoms with Gasteiger partial charge in [0.25, 0.3) is 0 Å². The number of hydrogen-bond donors (Lipinski definition) is 3. The third-order valence-corrected chi connectivity index (χ3v) is 5.90. The van der Waals surface area contributed by atoms with Crippen LogP contribution in [-0.2, 0) is 24.0 Å². The monoisotopic (exact) mass is 403 g/mol. The van der Waals surface area contributed by atoms with E-state index < -0.39 is 23.4 Å². The minimum Gasteiger partial charge on any atom is -0.390 e. The topological polar surface area (TPSA) is 69.9 Å². The van der Waals surface area contributed by atoms with Gasteiger partial charge in [-0.15, -0.1) is 0 Å². The summed E-state index contributed by atoms with van der Waals surface area (Å²) in [6.07, 6.45) is -1.29. The highest BCUT2D eigenvalue weighted by Gasteiger charge is 2.62. The Balaban J connectivity index is 1.65. The van der Waals surface area contributed by atoms with Crippen LogP contribution in [0.4, 0.5) is 0 Å². The van der Waals surface area contributed by atoms with E-state index in [2.05, 4.69) is 0 Å². The van der Waals surface area contributed by atoms with E-state index in [1.165, 1.54) is 6.61 Å². The van der Waals surface area contributed by atoms with Crippen LogP contribution in [0.15, 0.2) is 91.0 Å². The fraction of sp³-hybridized carbons (Fsp3) is 0.269. The maximum absolute atomic E-state index is 11.9. The minimum atomic E-state index is -1.70. The predicted molar refractivity (Wildman–Crippen MR) is 116 cm³/mol. The summed E-state index contributed by atoms with van der Waals surface area (Å²) in [5, 5.41) is 34.4. The van der Waals surface area contributed by atoms with Crippen molar-refractivity contribution in [3.63, 3.8) is 0 Å². The molecule has 0 amide bonds. The maximum Gasteiger partial charge on any atom is 0.129 e. The fourth-order valence-electron chi connectivity index (χ4n) is 4.28. The van der Waals surface area contributed by atoms with Gasteiger partial charge in [0.15, 0.2) is 0 Å². The van der Waals surface area contributed by atoms with Crippen molar-refractivity contribution in [3.05, 3.63) is 114 Å². The Morgan fingerprint density at radius 1 is 0.700 bits per heavy atom. The standard InChI is InChI=1S/C26H27O4/c27-23(16-20-10-4-1-5-11-20)24-26(29,18-22-14-8-3-9-15-22)25(28,19-30-24)17-21-12-6-2-7-13-21/h1-15,19,23-24,27-29H,16-18H2/t23?,24-,25-,26-/m1/s1. The minimum absolute atomic E-state index is 0.157. The van der Waals surface area contributed by atoms with E-state index in [-0.39, 0.29) is 12.8 Å². The molecule has 3 aromatic carbocycles. The smallest absolute Gasteiger partial charge is 0.129 e. The lowest BCUT2D eigenvalue weighted by molar-refractivity contribution is -0.152. The summed E-state index contributed by atoms with van der Waals surface area (Å²) in [4.78, 5) is 0. The van der Waals surface area contributed by atoms with Gasteiger partial charge < -0.3 is 20.1 Å². The Hall–Kier alpha value is -2.50. The van der Waals surface area contributed by atoms with Crippen LogP contribution < -0.4 is 0 Å². The molecule has 3 aromatic rings. The number of hydrogen-bond acceptors (Lipinski definition) is 4. The molecule has 1 unspecified atom stereocenters. The molecule has 0 spiro atoms. The summed E-state index contributed by atoms with van der Waals surface area (Å²) < 4.78 is 5.79. The van der Waals surface area contributed by atoms with Gasteiger partial charge in [0.1, 0.15) is 23.9 Å². The summed E-state index contributed by atoms with van der Waals surface area (Å²) in [5.41, 5.74) is -0.661. The van der Waals surface area contributed by atoms with Gasteiger partial charge in [0.2, 0.25) is 0 Å². The molecule has 155 valence electrons. The van der Waals surface area contributed by atoms with Crippen LogP contribution >= 0.6 is 0 Å². The largest absolute Gasteiger partial charge is 0.390 e. The van der Waals surface area contributed by atoms with E-state index in [1.807, 2.05) is 91.0 Å². The van der Waals surface area contributed by atoms with Crippen molar-refractivity contribution in [2.24, 2.45) is 0 Å². The first-order valence-electron chi connectivity index (χ1n) is 10.2. The molecule has 0 aliphatic carbocycles. The lowest BCUT2D eigenvalue weighted by Gasteiger charge is -2.41. The molecule has 4 rings (SSSR count). The van der Waals surface area contributed by atoms with Gasteiger partial charge in [-0.3, -0.25) is 0 Å². The zero-order valence-electron chi connectivity index (χ0n) is 16.8. The first-order valence-corrected chi connectivity index (χ1v) is 10.2. The maximum atomic E-state index is 11.9. The van der Waals surface area contributed by atoms with Crippen molar-refractivity contribution in [1.29, 1.82) is 0 Å². The van der Waals surface area contributed by atoms with Crippen molar-refractivity contribution in [2.75, 3.05) is 0 Å². The lowest BCUT2D eigenvalue weighted by Crippen LogP contribution is -2.61. The summed E-state index contributed by atoms with van der Waals surface area (Å²) in [6.45, 7) is 1.31. The molecule has 4 nitrogen and oxygen atoms in total. The Labute approximate surface area is 177 Å². The van der Waals surface area contributed by atoms with Crippen molar-refractivity contribution in [3.8, 4) is 0 Å². The second-order valence-corrected chi connectivity index (χ2v) is 8.10. The van der Waals surface area contributed by atoms with Gasteiger partial charge in [0, 0.05) is 19.3 Å². The molecule has 1 radical (unpaired) electrons. The molecule has 0 aromatic heterocycles. The molecule has 1 aliphatic heterocycles. The van der Waals surface area contributed by atoms with Gasteiger partial charge in [-0.25, -0.2) is 0 Å². The van der Waals surface area contributed by atoms with E-state index >= 15 is 0 Å². The van der Waals surface area contributed by atoms with Gasteiger partial charge in [-0.1, -0.05) is 91.0 Å². The average molecular weight is 403 g/mol. The number of benzene rings is 3. The quantitative estimate of drug-likeness (QED) is 0.567. The summed E-state index contributed by atoms with van der Waals surface area (Å²) >= 11 is 0. The van der Waals surface area contributed by atoms with Gasteiger partial charge in [-0.05, 0) is 16.7 Å². The van der Waals surface area contributed by atoms with Crippen molar-refractivity contribution < 1.29 is 20.1 Å². The normalized spacial score (nSPS) is 27.1. The van der Waals surface area contributed by atoms with Crippen LogP contribution in [0.25, 0.3) is 0 Å². The molecular formula is C26H27O4. The number of rotatable bonds is 7. The zero-order chi connectivity index (χ0) is 21.0. The van der Waals surface area contributed by atoms with Crippen molar-refractivity contribution in [2.45, 2.75) is 42.7 Å². The molecule has 30 heavy (non-hydrogen) atoms. The Bertz CT molecular complexity index is 931. The van der Waals surface area contributed by atoms with Crippen LogP contribution in [-0.4, -0.2) is 38.7 Å². The number of aliphatic hydroxyl groups excluding tert-OH is 1. The highest BCUT2D eigenvalue weighted by atomic mass is 16.6. The molecule has 0 saturated carbocycles. The van der Waals surface area contributed by atoms with Crippen LogP contribution in [0.3, 0.4) is 0 Å². The zero-order valence-corrected chi connectivity index (χ0v) is 16.8. The third-order valence-electron chi connectivity index (χ3n) is 5.90. The summed E-state index contributed by atoms with van der Waals surface area (Å²) in [5.74, 6) is 0. The average Bonchev–Trinajstić information content (AvgIpc) is 3.00. The Morgan fingerprint density at radius 2 is 1.17 bits per heavy atom. The molecule has 0 bridgehead atoms. The molecular weight excluding hydrogens is 376 g/mol. The SMILES string of the molecule is OC(Cc1ccccc1)[C@H]1O[CH][C@](O)(Cc2ccccc2)[C@@]1(O)Cc1ccccc1. The summed E-state index contributed by atoms with van der Waals surface area (Å²) in [6, 6.07) is 28.6. The third kappa shape index (κ3) is 4.18. The van der Waals surface area contributed by atoms with E-state index in [0.29, 0.717) is 6.42 Å². The van der Waals surface area contributed by atoms with E-state index in [4.69, 9.17) is 4.74 Å². The molecule has 1 heterocycles. The van der Waals surface area contributed by atoms with Gasteiger partial charge in [-0.2, -0.15) is 0 Å². The fourth-order valence-corrected chi connectivity index (χ4v) is 4.28. The predicted octanol–water partition coefficient (Wildman–Crippen LogP) is 3.10. The first-order chi connectivity index (χ1) is 14.5. The van der Waals surface area contributed by atoms with E-state index in [0.717, 1.165) is 16.7 Å². The van der Waals surface area contributed by atoms with E-state index in [1.54, 1.807) is 0 Å². The van der Waals surface area contributed by atoms with Crippen LogP contribution in [0, 0.1) is 6.61 Å². The second-order valence-electron chi connectivity index (χ2n) is 8.10. The van der Waals surface area contributed by atoms with Crippen LogP contribution in [0.2, 0.25) is 0 Å². The summed E-state index contributed by atoms with van der Waals surface area (Å²) in [7, 11) is 0. The lowest BCUT2D eigenvalue weighted by atomic mass is 9.72. The van der Waals surface area contributed by atoms with Gasteiger partial charge >= 0.3 is 0 Å². The molecule has 1 saturated heterocycles. The van der Waals surface area contributed by atoms with E-state index in [9.17, 15) is 15.3 Å². The van der Waals surface area contributed by atoms with Gasteiger partial charge in [0.05, 0.1) is 6.10 Å². The Kier molecular flexibility index (Phi) is 6.02. The van der Waals surface area contributed by atoms with Crippen LogP contribution in [0.5, 0.6) is 0 Å². The highest BCUT2D eigenvalue weighted by molar-refractivity contribution is 5.29. The van der Waals surface area contributed by atoms with Crippen LogP contribution in [0.1, 0.15) is 16.7 Å². The molecule has 1 aliphatic rings.